The van der Waals surface area contributed by atoms with Crippen LogP contribution in [0.1, 0.15) is 32.6 Å². The van der Waals surface area contributed by atoms with Crippen LogP contribution in [0.15, 0.2) is 11.1 Å². The standard InChI is InChI=1S/C28H71NO7Si8/c1-26(28(29)30)27(22-20-24-43(31-37(2,3)4,32-38(5,6)7)33-39(8,9)10)23-21-25-44(34-40(11,12)13,35-41(14,15)16)36-42(17,18)19/h20-25H2,1-19H3,(H2,29,30). The molecular weight excluding hydrogens is 687 g/mol. The summed E-state index contributed by atoms with van der Waals surface area (Å²) in [6.45, 7) is 41.6. The number of carbonyl (C=O) groups excluding carboxylic acids is 1. The van der Waals surface area contributed by atoms with Gasteiger partial charge in [0.1, 0.15) is 0 Å². The highest BCUT2D eigenvalue weighted by molar-refractivity contribution is 6.91. The van der Waals surface area contributed by atoms with Crippen molar-refractivity contribution < 1.29 is 29.5 Å². The highest BCUT2D eigenvalue weighted by atomic mass is 28.5. The SMILES string of the molecule is CC(C(N)=O)=C(CCC[Si](O[Si](C)(C)C)(O[Si](C)(C)C)O[Si](C)(C)C)CCC[Si](O[Si](C)(C)C)(O[Si](C)(C)C)O[Si](C)(C)C. The molecule has 0 aromatic heterocycles. The number of hydrogen-bond acceptors (Lipinski definition) is 7. The van der Waals surface area contributed by atoms with Gasteiger partial charge in [0.2, 0.25) is 5.91 Å². The first kappa shape index (κ1) is 44.7. The van der Waals surface area contributed by atoms with E-state index >= 15 is 0 Å². The molecule has 8 nitrogen and oxygen atoms in total. The Bertz CT molecular complexity index is 808. The first-order valence-corrected chi connectivity index (χ1v) is 40.7. The zero-order valence-corrected chi connectivity index (χ0v) is 40.2. The molecule has 2 N–H and O–H groups in total. The van der Waals surface area contributed by atoms with E-state index in [-0.39, 0.29) is 5.91 Å². The van der Waals surface area contributed by atoms with Crippen molar-refractivity contribution in [3.8, 4) is 0 Å². The molecule has 0 aromatic carbocycles. The van der Waals surface area contributed by atoms with Crippen molar-refractivity contribution in [2.45, 2.75) is 163 Å². The number of rotatable bonds is 21. The lowest BCUT2D eigenvalue weighted by Gasteiger charge is -2.43. The van der Waals surface area contributed by atoms with Crippen LogP contribution in [-0.4, -0.2) is 73.4 Å². The number of hydrogen-bond donors (Lipinski definition) is 1. The molecule has 0 unspecified atom stereocenters. The highest BCUT2D eigenvalue weighted by Gasteiger charge is 2.51. The maximum Gasteiger partial charge on any atom is 0.469 e. The van der Waals surface area contributed by atoms with Gasteiger partial charge in [-0.15, -0.1) is 0 Å². The van der Waals surface area contributed by atoms with E-state index in [1.807, 2.05) is 6.92 Å². The van der Waals surface area contributed by atoms with Crippen LogP contribution in [0.4, 0.5) is 0 Å². The van der Waals surface area contributed by atoms with Crippen LogP contribution < -0.4 is 5.73 Å². The van der Waals surface area contributed by atoms with Gasteiger partial charge in [-0.05, 0) is 150 Å². The Morgan fingerprint density at radius 2 is 0.659 bits per heavy atom. The number of amides is 1. The maximum absolute atomic E-state index is 12.5. The van der Waals surface area contributed by atoms with E-state index in [9.17, 15) is 4.79 Å². The van der Waals surface area contributed by atoms with Crippen LogP contribution in [-0.2, 0) is 29.5 Å². The van der Waals surface area contributed by atoms with Crippen LogP contribution in [0.2, 0.25) is 130 Å². The first-order valence-electron chi connectivity index (χ1n) is 16.4. The van der Waals surface area contributed by atoms with Crippen molar-refractivity contribution in [2.75, 3.05) is 0 Å². The second kappa shape index (κ2) is 16.4. The summed E-state index contributed by atoms with van der Waals surface area (Å²) < 4.78 is 41.4. The van der Waals surface area contributed by atoms with Crippen molar-refractivity contribution in [1.82, 2.24) is 0 Å². The van der Waals surface area contributed by atoms with Gasteiger partial charge in [0.05, 0.1) is 0 Å². The molecule has 0 aliphatic heterocycles. The summed E-state index contributed by atoms with van der Waals surface area (Å²) in [6.07, 6.45) is 3.12. The predicted molar refractivity (Wildman–Crippen MR) is 208 cm³/mol. The Morgan fingerprint density at radius 1 is 0.455 bits per heavy atom. The van der Waals surface area contributed by atoms with Gasteiger partial charge in [-0.1, -0.05) is 5.57 Å². The van der Waals surface area contributed by atoms with Gasteiger partial charge in [0, 0.05) is 17.7 Å². The van der Waals surface area contributed by atoms with E-state index in [0.717, 1.165) is 43.3 Å². The van der Waals surface area contributed by atoms with Gasteiger partial charge in [-0.3, -0.25) is 4.79 Å². The fourth-order valence-electron chi connectivity index (χ4n) is 4.94. The molecule has 262 valence electrons. The van der Waals surface area contributed by atoms with E-state index in [1.165, 1.54) is 0 Å². The molecule has 0 aromatic rings. The molecule has 0 saturated heterocycles. The second-order valence-electron chi connectivity index (χ2n) is 18.0. The first-order chi connectivity index (χ1) is 19.2. The van der Waals surface area contributed by atoms with Gasteiger partial charge >= 0.3 is 17.6 Å². The number of nitrogens with two attached hydrogens (primary N) is 1. The summed E-state index contributed by atoms with van der Waals surface area (Å²) in [6, 6.07) is 1.46. The molecule has 0 radical (unpaired) electrons. The van der Waals surface area contributed by atoms with E-state index in [2.05, 4.69) is 118 Å². The monoisotopic (exact) mass is 757 g/mol. The number of carbonyl (C=O) groups is 1. The van der Waals surface area contributed by atoms with E-state index in [0.29, 0.717) is 5.57 Å². The van der Waals surface area contributed by atoms with E-state index in [1.54, 1.807) is 0 Å². The maximum atomic E-state index is 12.5. The zero-order valence-electron chi connectivity index (χ0n) is 32.2. The normalized spacial score (nSPS) is 14.6. The van der Waals surface area contributed by atoms with Gasteiger partial charge in [-0.25, -0.2) is 0 Å². The average Bonchev–Trinajstić information content (AvgIpc) is 2.63. The summed E-state index contributed by atoms with van der Waals surface area (Å²) in [4.78, 5) is 12.5. The molecule has 0 spiro atoms. The average molecular weight is 759 g/mol. The quantitative estimate of drug-likeness (QED) is 0.0921. The second-order valence-corrected chi connectivity index (χ2v) is 51.9. The minimum atomic E-state index is -2.97. The van der Waals surface area contributed by atoms with Crippen LogP contribution in [0.3, 0.4) is 0 Å². The molecule has 0 aliphatic carbocycles. The third-order valence-electron chi connectivity index (χ3n) is 5.59. The van der Waals surface area contributed by atoms with Crippen LogP contribution in [0, 0.1) is 0 Å². The molecule has 0 aliphatic rings. The van der Waals surface area contributed by atoms with E-state index in [4.69, 9.17) is 30.4 Å². The van der Waals surface area contributed by atoms with Crippen molar-refractivity contribution in [2.24, 2.45) is 5.73 Å². The molecule has 44 heavy (non-hydrogen) atoms. The largest absolute Gasteiger partial charge is 0.469 e. The minimum absolute atomic E-state index is 0.364. The Morgan fingerprint density at radius 3 is 0.818 bits per heavy atom. The fourth-order valence-corrected chi connectivity index (χ4v) is 34.3. The van der Waals surface area contributed by atoms with Crippen LogP contribution in [0.25, 0.3) is 0 Å². The molecular formula is C28H71NO7Si8. The van der Waals surface area contributed by atoms with Crippen molar-refractivity contribution in [3.05, 3.63) is 11.1 Å². The van der Waals surface area contributed by atoms with Crippen LogP contribution in [0.5, 0.6) is 0 Å². The summed E-state index contributed by atoms with van der Waals surface area (Å²) in [7, 11) is -17.7. The lowest BCUT2D eigenvalue weighted by Crippen LogP contribution is -2.60. The van der Waals surface area contributed by atoms with Crippen LogP contribution >= 0.6 is 0 Å². The predicted octanol–water partition coefficient (Wildman–Crippen LogP) is 9.34. The number of primary amides is 1. The number of allylic oxidation sites excluding steroid dienone is 1. The summed E-state index contributed by atoms with van der Waals surface area (Å²) >= 11 is 0. The Labute approximate surface area is 281 Å². The van der Waals surface area contributed by atoms with Crippen molar-refractivity contribution >= 4 is 73.4 Å². The summed E-state index contributed by atoms with van der Waals surface area (Å²) in [5, 5.41) is 0. The van der Waals surface area contributed by atoms with Gasteiger partial charge < -0.3 is 30.4 Å². The molecule has 0 rings (SSSR count). The summed E-state index contributed by atoms with van der Waals surface area (Å²) in [5.41, 5.74) is 7.60. The van der Waals surface area contributed by atoms with E-state index < -0.39 is 67.5 Å². The molecule has 1 amide bonds. The minimum Gasteiger partial charge on any atom is -0.417 e. The highest BCUT2D eigenvalue weighted by Crippen LogP contribution is 2.34. The molecule has 0 saturated carbocycles. The molecule has 0 fully saturated rings. The van der Waals surface area contributed by atoms with Gasteiger partial charge in [-0.2, -0.15) is 0 Å². The third-order valence-corrected chi connectivity index (χ3v) is 29.7. The Hall–Kier alpha value is 0.705. The molecule has 0 bridgehead atoms. The van der Waals surface area contributed by atoms with Gasteiger partial charge in [0.15, 0.2) is 49.9 Å². The summed E-state index contributed by atoms with van der Waals surface area (Å²) in [5.74, 6) is -0.364. The topological polar surface area (TPSA) is 98.5 Å². The fraction of sp³-hybridized carbons (Fsp3) is 0.893. The molecule has 0 heterocycles. The molecule has 0 atom stereocenters. The third kappa shape index (κ3) is 21.6. The van der Waals surface area contributed by atoms with Crippen molar-refractivity contribution in [1.29, 1.82) is 0 Å². The Balaban J connectivity index is 6.30. The molecule has 16 heteroatoms. The zero-order chi connectivity index (χ0) is 35.2. The lowest BCUT2D eigenvalue weighted by molar-refractivity contribution is -0.114. The smallest absolute Gasteiger partial charge is 0.417 e. The van der Waals surface area contributed by atoms with Gasteiger partial charge in [0.25, 0.3) is 0 Å². The Kier molecular flexibility index (Phi) is 16.7. The van der Waals surface area contributed by atoms with Crippen molar-refractivity contribution in [3.63, 3.8) is 0 Å². The lowest BCUT2D eigenvalue weighted by atomic mass is 10.00.